The third-order valence-corrected chi connectivity index (χ3v) is 3.17. The predicted octanol–water partition coefficient (Wildman–Crippen LogP) is 3.77. The zero-order chi connectivity index (χ0) is 14.8. The Labute approximate surface area is 120 Å². The minimum absolute atomic E-state index is 0.416. The molecule has 0 bridgehead atoms. The first kappa shape index (κ1) is 13.5. The molecule has 0 unspecified atom stereocenters. The van der Waals surface area contributed by atoms with Gasteiger partial charge in [-0.2, -0.15) is 0 Å². The van der Waals surface area contributed by atoms with Gasteiger partial charge in [-0.15, -0.1) is 0 Å². The lowest BCUT2D eigenvalue weighted by Crippen LogP contribution is -2.02. The molecule has 21 heavy (non-hydrogen) atoms. The Bertz CT molecular complexity index is 744. The van der Waals surface area contributed by atoms with E-state index in [0.717, 1.165) is 23.4 Å². The van der Waals surface area contributed by atoms with Crippen LogP contribution in [0.15, 0.2) is 36.4 Å². The molecule has 2 aromatic carbocycles. The van der Waals surface area contributed by atoms with E-state index in [1.165, 1.54) is 0 Å². The van der Waals surface area contributed by atoms with E-state index in [1.807, 2.05) is 31.2 Å². The molecule has 3 rings (SSSR count). The van der Waals surface area contributed by atoms with Gasteiger partial charge in [-0.05, 0) is 24.6 Å². The maximum atomic E-state index is 13.1. The average molecular weight is 288 g/mol. The molecule has 1 aromatic heterocycles. The zero-order valence-electron chi connectivity index (χ0n) is 11.5. The van der Waals surface area contributed by atoms with Gasteiger partial charge in [-0.1, -0.05) is 12.1 Å². The molecule has 108 valence electrons. The fourth-order valence-corrected chi connectivity index (χ4v) is 2.15. The second kappa shape index (κ2) is 5.52. The number of rotatable bonds is 4. The lowest BCUT2D eigenvalue weighted by atomic mass is 10.2. The van der Waals surface area contributed by atoms with Crippen LogP contribution in [0.4, 0.5) is 8.78 Å². The molecule has 0 aliphatic carbocycles. The van der Waals surface area contributed by atoms with E-state index in [9.17, 15) is 8.78 Å². The van der Waals surface area contributed by atoms with Crippen LogP contribution in [0.2, 0.25) is 0 Å². The highest BCUT2D eigenvalue weighted by Gasteiger charge is 2.08. The fraction of sp³-hybridized carbons (Fsp3) is 0.188. The lowest BCUT2D eigenvalue weighted by Gasteiger charge is -2.05. The van der Waals surface area contributed by atoms with Gasteiger partial charge in [0.15, 0.2) is 11.6 Å². The zero-order valence-corrected chi connectivity index (χ0v) is 11.5. The molecule has 0 atom stereocenters. The number of hydrogen-bond donors (Lipinski definition) is 1. The van der Waals surface area contributed by atoms with E-state index in [-0.39, 0.29) is 0 Å². The number of nitrogens with zero attached hydrogens (tertiary/aromatic N) is 1. The molecule has 1 heterocycles. The van der Waals surface area contributed by atoms with Crippen molar-refractivity contribution in [2.75, 3.05) is 6.61 Å². The predicted molar refractivity (Wildman–Crippen MR) is 76.4 cm³/mol. The molecule has 0 saturated heterocycles. The van der Waals surface area contributed by atoms with Crippen molar-refractivity contribution in [1.82, 2.24) is 9.97 Å². The number of nitrogens with one attached hydrogen (secondary N) is 1. The molecule has 1 N–H and O–H groups in total. The van der Waals surface area contributed by atoms with Gasteiger partial charge in [-0.25, -0.2) is 13.8 Å². The van der Waals surface area contributed by atoms with Crippen LogP contribution < -0.4 is 4.74 Å². The summed E-state index contributed by atoms with van der Waals surface area (Å²) in [6, 6.07) is 9.96. The average Bonchev–Trinajstić information content (AvgIpc) is 2.81. The van der Waals surface area contributed by atoms with Crippen molar-refractivity contribution in [3.63, 3.8) is 0 Å². The SMILES string of the molecule is Cc1cccc(OCCc2nc3cc(F)c(F)cc3[nH]2)c1. The van der Waals surface area contributed by atoms with Crippen LogP contribution in [0.25, 0.3) is 11.0 Å². The van der Waals surface area contributed by atoms with E-state index in [0.29, 0.717) is 29.9 Å². The summed E-state index contributed by atoms with van der Waals surface area (Å²) in [5, 5.41) is 0. The van der Waals surface area contributed by atoms with E-state index < -0.39 is 11.6 Å². The van der Waals surface area contributed by atoms with Crippen molar-refractivity contribution < 1.29 is 13.5 Å². The van der Waals surface area contributed by atoms with Gasteiger partial charge in [0, 0.05) is 18.6 Å². The lowest BCUT2D eigenvalue weighted by molar-refractivity contribution is 0.319. The van der Waals surface area contributed by atoms with Crippen LogP contribution in [-0.4, -0.2) is 16.6 Å². The minimum Gasteiger partial charge on any atom is -0.493 e. The van der Waals surface area contributed by atoms with Crippen molar-refractivity contribution in [3.8, 4) is 5.75 Å². The summed E-state index contributed by atoms with van der Waals surface area (Å²) < 4.78 is 31.9. The highest BCUT2D eigenvalue weighted by atomic mass is 19.2. The molecule has 0 aliphatic heterocycles. The molecule has 0 amide bonds. The topological polar surface area (TPSA) is 37.9 Å². The van der Waals surface area contributed by atoms with Crippen LogP contribution in [0.3, 0.4) is 0 Å². The number of fused-ring (bicyclic) bond motifs is 1. The minimum atomic E-state index is -0.892. The Balaban J connectivity index is 1.68. The Morgan fingerprint density at radius 1 is 1.14 bits per heavy atom. The van der Waals surface area contributed by atoms with Crippen molar-refractivity contribution >= 4 is 11.0 Å². The van der Waals surface area contributed by atoms with Gasteiger partial charge in [0.25, 0.3) is 0 Å². The number of aromatic nitrogens is 2. The van der Waals surface area contributed by atoms with Gasteiger partial charge in [0.05, 0.1) is 17.6 Å². The molecule has 0 radical (unpaired) electrons. The largest absolute Gasteiger partial charge is 0.493 e. The maximum absolute atomic E-state index is 13.1. The quantitative estimate of drug-likeness (QED) is 0.793. The Morgan fingerprint density at radius 3 is 2.76 bits per heavy atom. The number of hydrogen-bond acceptors (Lipinski definition) is 2. The van der Waals surface area contributed by atoms with Crippen LogP contribution >= 0.6 is 0 Å². The molecule has 0 saturated carbocycles. The van der Waals surface area contributed by atoms with Crippen LogP contribution in [0, 0.1) is 18.6 Å². The van der Waals surface area contributed by atoms with Crippen LogP contribution in [0.1, 0.15) is 11.4 Å². The first-order valence-electron chi connectivity index (χ1n) is 6.65. The summed E-state index contributed by atoms with van der Waals surface area (Å²) in [4.78, 5) is 7.18. The summed E-state index contributed by atoms with van der Waals surface area (Å²) in [6.45, 7) is 2.43. The van der Waals surface area contributed by atoms with Gasteiger partial charge in [-0.3, -0.25) is 0 Å². The maximum Gasteiger partial charge on any atom is 0.161 e. The fourth-order valence-electron chi connectivity index (χ4n) is 2.15. The van der Waals surface area contributed by atoms with E-state index in [4.69, 9.17) is 4.74 Å². The van der Waals surface area contributed by atoms with Crippen molar-refractivity contribution in [3.05, 3.63) is 59.4 Å². The first-order chi connectivity index (χ1) is 10.1. The Hall–Kier alpha value is -2.43. The molecular formula is C16H14F2N2O. The molecule has 0 spiro atoms. The molecular weight excluding hydrogens is 274 g/mol. The highest BCUT2D eigenvalue weighted by Crippen LogP contribution is 2.17. The second-order valence-electron chi connectivity index (χ2n) is 4.88. The number of benzene rings is 2. The summed E-state index contributed by atoms with van der Waals surface area (Å²) in [7, 11) is 0. The summed E-state index contributed by atoms with van der Waals surface area (Å²) >= 11 is 0. The summed E-state index contributed by atoms with van der Waals surface area (Å²) in [5.74, 6) is -0.337. The van der Waals surface area contributed by atoms with Gasteiger partial charge in [0.1, 0.15) is 11.6 Å². The smallest absolute Gasteiger partial charge is 0.161 e. The summed E-state index contributed by atoms with van der Waals surface area (Å²) in [6.07, 6.45) is 0.534. The third kappa shape index (κ3) is 3.02. The number of imidazole rings is 1. The summed E-state index contributed by atoms with van der Waals surface area (Å²) in [5.41, 5.74) is 2.03. The molecule has 0 fully saturated rings. The third-order valence-electron chi connectivity index (χ3n) is 3.17. The van der Waals surface area contributed by atoms with Gasteiger partial charge in [0.2, 0.25) is 0 Å². The van der Waals surface area contributed by atoms with E-state index in [1.54, 1.807) is 0 Å². The normalized spacial score (nSPS) is 11.0. The highest BCUT2D eigenvalue weighted by molar-refractivity contribution is 5.75. The second-order valence-corrected chi connectivity index (χ2v) is 4.88. The first-order valence-corrected chi connectivity index (χ1v) is 6.65. The molecule has 0 aliphatic rings. The monoisotopic (exact) mass is 288 g/mol. The number of H-pyrrole nitrogens is 1. The number of ether oxygens (including phenoxy) is 1. The molecule has 3 aromatic rings. The van der Waals surface area contributed by atoms with Crippen molar-refractivity contribution in [1.29, 1.82) is 0 Å². The van der Waals surface area contributed by atoms with Crippen molar-refractivity contribution in [2.45, 2.75) is 13.3 Å². The molecule has 3 nitrogen and oxygen atoms in total. The van der Waals surface area contributed by atoms with Gasteiger partial charge < -0.3 is 9.72 Å². The van der Waals surface area contributed by atoms with Gasteiger partial charge >= 0.3 is 0 Å². The number of aromatic amines is 1. The van der Waals surface area contributed by atoms with Crippen molar-refractivity contribution in [2.24, 2.45) is 0 Å². The number of aryl methyl sites for hydroxylation is 1. The van der Waals surface area contributed by atoms with E-state index >= 15 is 0 Å². The van der Waals surface area contributed by atoms with Crippen LogP contribution in [0.5, 0.6) is 5.75 Å². The number of halogens is 2. The standard InChI is InChI=1S/C16H14F2N2O/c1-10-3-2-4-11(7-10)21-6-5-16-19-14-8-12(17)13(18)9-15(14)20-16/h2-4,7-9H,5-6H2,1H3,(H,19,20). The molecule has 5 heteroatoms. The Kier molecular flexibility index (Phi) is 3.56. The van der Waals surface area contributed by atoms with Crippen LogP contribution in [-0.2, 0) is 6.42 Å². The Morgan fingerprint density at radius 2 is 1.95 bits per heavy atom. The van der Waals surface area contributed by atoms with E-state index in [2.05, 4.69) is 9.97 Å².